The molecule has 4 aromatic rings. The summed E-state index contributed by atoms with van der Waals surface area (Å²) < 4.78 is 43.5. The number of carboxylic acids is 1. The lowest BCUT2D eigenvalue weighted by molar-refractivity contribution is -0.274. The van der Waals surface area contributed by atoms with Crippen molar-refractivity contribution in [1.29, 1.82) is 0 Å². The van der Waals surface area contributed by atoms with E-state index in [9.17, 15) is 22.8 Å². The number of pyridine rings is 2. The van der Waals surface area contributed by atoms with Gasteiger partial charge in [-0.25, -0.2) is 14.8 Å². The number of ether oxygens (including phenoxy) is 1. The zero-order valence-electron chi connectivity index (χ0n) is 19.4. The van der Waals surface area contributed by atoms with Gasteiger partial charge < -0.3 is 19.3 Å². The van der Waals surface area contributed by atoms with E-state index in [0.29, 0.717) is 31.6 Å². The Morgan fingerprint density at radius 1 is 1.03 bits per heavy atom. The second kappa shape index (κ2) is 9.57. The van der Waals surface area contributed by atoms with Gasteiger partial charge in [-0.2, -0.15) is 0 Å². The van der Waals surface area contributed by atoms with Crippen LogP contribution in [0.15, 0.2) is 60.9 Å². The van der Waals surface area contributed by atoms with Gasteiger partial charge >= 0.3 is 12.3 Å². The molecule has 1 aliphatic rings. The van der Waals surface area contributed by atoms with Crippen LogP contribution >= 0.6 is 0 Å². The van der Waals surface area contributed by atoms with Gasteiger partial charge in [-0.05, 0) is 53.4 Å². The number of fused-ring (bicyclic) bond motifs is 3. The van der Waals surface area contributed by atoms with E-state index < -0.39 is 12.3 Å². The van der Waals surface area contributed by atoms with Gasteiger partial charge in [0.2, 0.25) is 5.91 Å². The van der Waals surface area contributed by atoms with Crippen molar-refractivity contribution in [3.05, 3.63) is 89.0 Å². The topological polar surface area (TPSA) is 97.5 Å². The normalized spacial score (nSPS) is 13.4. The second-order valence-electron chi connectivity index (χ2n) is 8.68. The first-order valence-corrected chi connectivity index (χ1v) is 11.4. The summed E-state index contributed by atoms with van der Waals surface area (Å²) in [6.07, 6.45) is -0.969. The van der Waals surface area contributed by atoms with Crippen LogP contribution in [0.1, 0.15) is 32.9 Å². The zero-order valence-corrected chi connectivity index (χ0v) is 19.4. The molecule has 0 fully saturated rings. The molecule has 0 atom stereocenters. The molecule has 0 saturated carbocycles. The Morgan fingerprint density at radius 3 is 2.46 bits per heavy atom. The highest BCUT2D eigenvalue weighted by Crippen LogP contribution is 2.31. The zero-order chi connectivity index (χ0) is 26.2. The molecule has 0 unspecified atom stereocenters. The Labute approximate surface area is 208 Å². The number of rotatable bonds is 6. The van der Waals surface area contributed by atoms with Crippen molar-refractivity contribution in [1.82, 2.24) is 19.4 Å². The van der Waals surface area contributed by atoms with Crippen LogP contribution in [0.25, 0.3) is 11.0 Å². The van der Waals surface area contributed by atoms with Gasteiger partial charge in [0.1, 0.15) is 17.1 Å². The van der Waals surface area contributed by atoms with E-state index in [0.717, 1.165) is 27.9 Å². The van der Waals surface area contributed by atoms with Crippen molar-refractivity contribution in [3.63, 3.8) is 0 Å². The Balaban J connectivity index is 1.38. The van der Waals surface area contributed by atoms with Gasteiger partial charge in [0.05, 0.1) is 13.0 Å². The first kappa shape index (κ1) is 24.3. The SMILES string of the molecule is O=C(O)c1ccc(CC(=O)N2CCc3c(n(Cc4ccc(OC(F)(F)F)cc4)c4ncccc34)C2)cn1. The van der Waals surface area contributed by atoms with Crippen molar-refractivity contribution in [3.8, 4) is 5.75 Å². The number of benzene rings is 1. The molecule has 4 heterocycles. The van der Waals surface area contributed by atoms with E-state index in [2.05, 4.69) is 14.7 Å². The van der Waals surface area contributed by atoms with E-state index in [1.54, 1.807) is 29.3 Å². The fourth-order valence-electron chi connectivity index (χ4n) is 4.56. The number of nitrogens with zero attached hydrogens (tertiary/aromatic N) is 4. The molecule has 11 heteroatoms. The Morgan fingerprint density at radius 2 is 1.78 bits per heavy atom. The van der Waals surface area contributed by atoms with Crippen LogP contribution < -0.4 is 4.74 Å². The Bertz CT molecular complexity index is 1460. The third-order valence-electron chi connectivity index (χ3n) is 6.26. The highest BCUT2D eigenvalue weighted by atomic mass is 19.4. The summed E-state index contributed by atoms with van der Waals surface area (Å²) in [5.41, 5.74) is 4.04. The minimum Gasteiger partial charge on any atom is -0.477 e. The van der Waals surface area contributed by atoms with E-state index in [1.165, 1.54) is 24.4 Å². The number of carbonyl (C=O) groups is 2. The number of hydrogen-bond donors (Lipinski definition) is 1. The van der Waals surface area contributed by atoms with Crippen molar-refractivity contribution < 1.29 is 32.6 Å². The number of aromatic nitrogens is 3. The smallest absolute Gasteiger partial charge is 0.477 e. The molecule has 1 aromatic carbocycles. The molecule has 190 valence electrons. The molecule has 5 rings (SSSR count). The lowest BCUT2D eigenvalue weighted by atomic mass is 10.0. The maximum Gasteiger partial charge on any atom is 0.573 e. The number of halogens is 3. The van der Waals surface area contributed by atoms with Crippen molar-refractivity contribution >= 4 is 22.9 Å². The van der Waals surface area contributed by atoms with Crippen LogP contribution in [0.2, 0.25) is 0 Å². The van der Waals surface area contributed by atoms with Gasteiger partial charge in [0, 0.05) is 36.6 Å². The quantitative estimate of drug-likeness (QED) is 0.418. The minimum atomic E-state index is -4.76. The minimum absolute atomic E-state index is 0.0847. The van der Waals surface area contributed by atoms with Crippen LogP contribution in [-0.2, 0) is 30.7 Å². The predicted molar refractivity (Wildman–Crippen MR) is 126 cm³/mol. The van der Waals surface area contributed by atoms with Crippen LogP contribution in [-0.4, -0.2) is 49.3 Å². The summed E-state index contributed by atoms with van der Waals surface area (Å²) in [5.74, 6) is -1.55. The van der Waals surface area contributed by atoms with Crippen LogP contribution in [0.5, 0.6) is 5.75 Å². The molecule has 37 heavy (non-hydrogen) atoms. The van der Waals surface area contributed by atoms with Crippen molar-refractivity contribution in [2.75, 3.05) is 6.54 Å². The maximum atomic E-state index is 13.1. The third-order valence-corrected chi connectivity index (χ3v) is 6.26. The summed E-state index contributed by atoms with van der Waals surface area (Å²) >= 11 is 0. The number of aromatic carboxylic acids is 1. The number of carboxylic acid groups (broad SMARTS) is 1. The third kappa shape index (κ3) is 5.25. The highest BCUT2D eigenvalue weighted by Gasteiger charge is 2.31. The Hall–Kier alpha value is -4.41. The first-order chi connectivity index (χ1) is 17.7. The number of alkyl halides is 3. The average molecular weight is 510 g/mol. The van der Waals surface area contributed by atoms with Crippen LogP contribution in [0.3, 0.4) is 0 Å². The summed E-state index contributed by atoms with van der Waals surface area (Å²) in [6.45, 7) is 1.22. The van der Waals surface area contributed by atoms with Crippen molar-refractivity contribution in [2.45, 2.75) is 32.3 Å². The Kier molecular flexibility index (Phi) is 6.28. The molecule has 8 nitrogen and oxygen atoms in total. The molecule has 0 spiro atoms. The summed E-state index contributed by atoms with van der Waals surface area (Å²) in [6, 6.07) is 12.5. The molecular weight excluding hydrogens is 489 g/mol. The molecule has 1 amide bonds. The molecule has 0 aliphatic carbocycles. The molecular formula is C26H21F3N4O4. The second-order valence-corrected chi connectivity index (χ2v) is 8.68. The fraction of sp³-hybridized carbons (Fsp3) is 0.231. The van der Waals surface area contributed by atoms with Gasteiger partial charge in [0.25, 0.3) is 0 Å². The van der Waals surface area contributed by atoms with E-state index in [-0.39, 0.29) is 23.8 Å². The number of hydrogen-bond acceptors (Lipinski definition) is 5. The first-order valence-electron chi connectivity index (χ1n) is 11.4. The monoisotopic (exact) mass is 510 g/mol. The van der Waals surface area contributed by atoms with Gasteiger partial charge in [0.15, 0.2) is 0 Å². The van der Waals surface area contributed by atoms with Crippen molar-refractivity contribution in [2.24, 2.45) is 0 Å². The summed E-state index contributed by atoms with van der Waals surface area (Å²) in [4.78, 5) is 34.2. The van der Waals surface area contributed by atoms with Crippen LogP contribution in [0.4, 0.5) is 13.2 Å². The van der Waals surface area contributed by atoms with E-state index in [1.807, 2.05) is 16.7 Å². The van der Waals surface area contributed by atoms with Crippen LogP contribution in [0, 0.1) is 0 Å². The van der Waals surface area contributed by atoms with Gasteiger partial charge in [-0.3, -0.25) is 4.79 Å². The highest BCUT2D eigenvalue weighted by molar-refractivity contribution is 5.86. The number of carbonyl (C=O) groups excluding carboxylic acids is 1. The molecule has 0 bridgehead atoms. The number of amides is 1. The molecule has 1 N–H and O–H groups in total. The summed E-state index contributed by atoms with van der Waals surface area (Å²) in [7, 11) is 0. The molecule has 3 aromatic heterocycles. The maximum absolute atomic E-state index is 13.1. The fourth-order valence-corrected chi connectivity index (χ4v) is 4.56. The van der Waals surface area contributed by atoms with E-state index >= 15 is 0 Å². The van der Waals surface area contributed by atoms with Gasteiger partial charge in [-0.1, -0.05) is 18.2 Å². The average Bonchev–Trinajstić information content (AvgIpc) is 3.17. The largest absolute Gasteiger partial charge is 0.573 e. The predicted octanol–water partition coefficient (Wildman–Crippen LogP) is 4.20. The lowest BCUT2D eigenvalue weighted by Crippen LogP contribution is -2.37. The lowest BCUT2D eigenvalue weighted by Gasteiger charge is -2.28. The van der Waals surface area contributed by atoms with E-state index in [4.69, 9.17) is 5.11 Å². The van der Waals surface area contributed by atoms with Gasteiger partial charge in [-0.15, -0.1) is 13.2 Å². The molecule has 1 aliphatic heterocycles. The summed E-state index contributed by atoms with van der Waals surface area (Å²) in [5, 5.41) is 9.99. The standard InChI is InChI=1S/C26H21F3N4O4/c27-26(28,29)37-18-6-3-16(4-7-18)14-33-22-15-32(11-9-19(22)20-2-1-10-30-24(20)33)23(34)12-17-5-8-21(25(35)36)31-13-17/h1-8,10,13H,9,11-12,14-15H2,(H,35,36). The molecule has 0 saturated heterocycles. The molecule has 0 radical (unpaired) electrons.